The predicted octanol–water partition coefficient (Wildman–Crippen LogP) is 3.85. The molecule has 0 aliphatic rings. The van der Waals surface area contributed by atoms with Crippen molar-refractivity contribution in [2.24, 2.45) is 0 Å². The number of anilines is 1. The van der Waals surface area contributed by atoms with Gasteiger partial charge < -0.3 is 5.73 Å². The lowest BCUT2D eigenvalue weighted by molar-refractivity contribution is -0.105. The van der Waals surface area contributed by atoms with E-state index in [0.717, 1.165) is 10.7 Å². The zero-order valence-corrected chi connectivity index (χ0v) is 12.5. The van der Waals surface area contributed by atoms with Crippen LogP contribution in [0.2, 0.25) is 0 Å². The van der Waals surface area contributed by atoms with E-state index in [0.29, 0.717) is 27.1 Å². The number of alkyl halides is 3. The molecule has 2 N–H and O–H groups in total. The van der Waals surface area contributed by atoms with Crippen molar-refractivity contribution in [3.8, 4) is 5.69 Å². The Hall–Kier alpha value is -1.35. The molecule has 1 aromatic heterocycles. The van der Waals surface area contributed by atoms with Gasteiger partial charge in [-0.1, -0.05) is 0 Å². The number of hydrogen-bond acceptors (Lipinski definition) is 4. The lowest BCUT2D eigenvalue weighted by atomic mass is 10.2. The quantitative estimate of drug-likeness (QED) is 0.508. The maximum atomic E-state index is 14.0. The van der Waals surface area contributed by atoms with Crippen LogP contribution in [0.5, 0.6) is 0 Å². The number of rotatable bonds is 3. The zero-order chi connectivity index (χ0) is 15.8. The summed E-state index contributed by atoms with van der Waals surface area (Å²) < 4.78 is 52.0. The van der Waals surface area contributed by atoms with E-state index in [1.807, 2.05) is 0 Å². The number of hydrogen-bond donors (Lipinski definition) is 2. The third kappa shape index (κ3) is 3.65. The molecule has 0 radical (unpaired) electrons. The summed E-state index contributed by atoms with van der Waals surface area (Å²) in [5.74, 6) is -1.55. The van der Waals surface area contributed by atoms with E-state index in [2.05, 4.69) is 17.7 Å². The number of benzene rings is 1. The molecule has 0 saturated heterocycles. The maximum absolute atomic E-state index is 14.0. The van der Waals surface area contributed by atoms with Gasteiger partial charge in [0.05, 0.1) is 16.8 Å². The summed E-state index contributed by atoms with van der Waals surface area (Å²) in [4.78, 5) is 0.679. The molecule has 1 heterocycles. The Morgan fingerprint density at radius 3 is 2.57 bits per heavy atom. The molecule has 1 aromatic carbocycles. The lowest BCUT2D eigenvalue weighted by Crippen LogP contribution is -2.11. The smallest absolute Gasteiger partial charge is 0.383 e. The Kier molecular flexibility index (Phi) is 4.43. The van der Waals surface area contributed by atoms with E-state index in [-0.39, 0.29) is 11.5 Å². The van der Waals surface area contributed by atoms with Gasteiger partial charge in [0, 0.05) is 4.90 Å². The normalized spacial score (nSPS) is 11.9. The Balaban J connectivity index is 2.41. The lowest BCUT2D eigenvalue weighted by Gasteiger charge is -2.12. The monoisotopic (exact) mass is 337 g/mol. The standard InChI is InChI=1S/C12H11F4N3S2/c1-6-2-7(13)8(19-11(17)9(20)4-18-19)3-10(6)21-5-12(14,15)16/h2-4,20H,5,17H2,1H3. The number of thioether (sulfide) groups is 1. The first-order chi connectivity index (χ1) is 9.69. The van der Waals surface area contributed by atoms with Crippen molar-refractivity contribution >= 4 is 30.2 Å². The molecule has 0 fully saturated rings. The summed E-state index contributed by atoms with van der Waals surface area (Å²) >= 11 is 4.64. The van der Waals surface area contributed by atoms with Crippen molar-refractivity contribution in [2.45, 2.75) is 22.9 Å². The van der Waals surface area contributed by atoms with Crippen LogP contribution in [-0.4, -0.2) is 21.7 Å². The van der Waals surface area contributed by atoms with E-state index < -0.39 is 17.7 Å². The first-order valence-electron chi connectivity index (χ1n) is 5.71. The third-order valence-electron chi connectivity index (χ3n) is 2.65. The molecule has 3 nitrogen and oxygen atoms in total. The topological polar surface area (TPSA) is 43.8 Å². The van der Waals surface area contributed by atoms with Gasteiger partial charge in [-0.05, 0) is 24.6 Å². The first kappa shape index (κ1) is 16.0. The highest BCUT2D eigenvalue weighted by molar-refractivity contribution is 7.99. The number of thiol groups is 1. The summed E-state index contributed by atoms with van der Waals surface area (Å²) in [7, 11) is 0. The van der Waals surface area contributed by atoms with Crippen molar-refractivity contribution in [1.82, 2.24) is 9.78 Å². The van der Waals surface area contributed by atoms with Crippen molar-refractivity contribution in [1.29, 1.82) is 0 Å². The van der Waals surface area contributed by atoms with E-state index in [4.69, 9.17) is 5.73 Å². The average molecular weight is 337 g/mol. The van der Waals surface area contributed by atoms with Gasteiger partial charge in [-0.15, -0.1) is 24.4 Å². The molecule has 21 heavy (non-hydrogen) atoms. The fraction of sp³-hybridized carbons (Fsp3) is 0.250. The summed E-state index contributed by atoms with van der Waals surface area (Å²) in [6.07, 6.45) is -2.96. The Labute approximate surface area is 127 Å². The molecule has 0 saturated carbocycles. The van der Waals surface area contributed by atoms with Crippen molar-refractivity contribution in [3.05, 3.63) is 29.7 Å². The van der Waals surface area contributed by atoms with Gasteiger partial charge in [-0.3, -0.25) is 0 Å². The molecule has 2 aromatic rings. The fourth-order valence-electron chi connectivity index (χ4n) is 1.66. The number of halogens is 4. The highest BCUT2D eigenvalue weighted by Crippen LogP contribution is 2.32. The molecule has 0 spiro atoms. The number of aromatic nitrogens is 2. The molecule has 0 aliphatic carbocycles. The van der Waals surface area contributed by atoms with Gasteiger partial charge in [-0.2, -0.15) is 18.3 Å². The van der Waals surface area contributed by atoms with Crippen LogP contribution >= 0.6 is 24.4 Å². The number of nitrogen functional groups attached to an aromatic ring is 1. The average Bonchev–Trinajstić information content (AvgIpc) is 2.68. The minimum absolute atomic E-state index is 0.0110. The number of nitrogens with two attached hydrogens (primary N) is 1. The van der Waals surface area contributed by atoms with Gasteiger partial charge in [0.15, 0.2) is 0 Å². The summed E-state index contributed by atoms with van der Waals surface area (Å²) in [5.41, 5.74) is 6.11. The van der Waals surface area contributed by atoms with Crippen LogP contribution in [0.4, 0.5) is 23.4 Å². The van der Waals surface area contributed by atoms with Gasteiger partial charge in [0.25, 0.3) is 0 Å². The Morgan fingerprint density at radius 2 is 2.05 bits per heavy atom. The molecule has 0 atom stereocenters. The van der Waals surface area contributed by atoms with E-state index in [1.165, 1.54) is 12.3 Å². The fourth-order valence-corrected chi connectivity index (χ4v) is 2.61. The minimum atomic E-state index is -4.30. The van der Waals surface area contributed by atoms with E-state index in [1.54, 1.807) is 6.92 Å². The largest absolute Gasteiger partial charge is 0.398 e. The van der Waals surface area contributed by atoms with Crippen molar-refractivity contribution < 1.29 is 17.6 Å². The highest BCUT2D eigenvalue weighted by Gasteiger charge is 2.28. The first-order valence-corrected chi connectivity index (χ1v) is 7.15. The second-order valence-electron chi connectivity index (χ2n) is 4.30. The van der Waals surface area contributed by atoms with Crippen LogP contribution in [0.3, 0.4) is 0 Å². The molecule has 9 heteroatoms. The van der Waals surface area contributed by atoms with E-state index in [9.17, 15) is 17.6 Å². The van der Waals surface area contributed by atoms with E-state index >= 15 is 0 Å². The number of aryl methyl sites for hydroxylation is 1. The minimum Gasteiger partial charge on any atom is -0.383 e. The molecule has 0 unspecified atom stereocenters. The molecule has 0 aliphatic heterocycles. The van der Waals surface area contributed by atoms with Gasteiger partial charge >= 0.3 is 6.18 Å². The van der Waals surface area contributed by atoms with Gasteiger partial charge in [-0.25, -0.2) is 9.07 Å². The molecular formula is C12H11F4N3S2. The van der Waals surface area contributed by atoms with Crippen LogP contribution in [0, 0.1) is 12.7 Å². The van der Waals surface area contributed by atoms with Crippen LogP contribution < -0.4 is 5.73 Å². The molecule has 0 amide bonds. The number of nitrogens with zero attached hydrogens (tertiary/aromatic N) is 2. The van der Waals surface area contributed by atoms with Crippen molar-refractivity contribution in [2.75, 3.05) is 11.5 Å². The van der Waals surface area contributed by atoms with Crippen molar-refractivity contribution in [3.63, 3.8) is 0 Å². The Morgan fingerprint density at radius 1 is 1.38 bits per heavy atom. The zero-order valence-electron chi connectivity index (χ0n) is 10.8. The molecule has 2 rings (SSSR count). The summed E-state index contributed by atoms with van der Waals surface area (Å²) in [6.45, 7) is 1.54. The van der Waals surface area contributed by atoms with Crippen LogP contribution in [0.25, 0.3) is 5.69 Å². The maximum Gasteiger partial charge on any atom is 0.398 e. The van der Waals surface area contributed by atoms with Crippen LogP contribution in [-0.2, 0) is 0 Å². The SMILES string of the molecule is Cc1cc(F)c(-n2ncc(S)c2N)cc1SCC(F)(F)F. The third-order valence-corrected chi connectivity index (χ3v) is 4.22. The highest BCUT2D eigenvalue weighted by atomic mass is 32.2. The second kappa shape index (κ2) is 5.80. The predicted molar refractivity (Wildman–Crippen MR) is 76.7 cm³/mol. The second-order valence-corrected chi connectivity index (χ2v) is 5.80. The van der Waals surface area contributed by atoms with Crippen LogP contribution in [0.1, 0.15) is 5.56 Å². The molecular weight excluding hydrogens is 326 g/mol. The molecule has 0 bridgehead atoms. The molecule has 114 valence electrons. The van der Waals surface area contributed by atoms with Gasteiger partial charge in [0.2, 0.25) is 0 Å². The summed E-state index contributed by atoms with van der Waals surface area (Å²) in [6, 6.07) is 2.46. The Bertz CT molecular complexity index is 667. The van der Waals surface area contributed by atoms with Crippen LogP contribution in [0.15, 0.2) is 28.1 Å². The summed E-state index contributed by atoms with van der Waals surface area (Å²) in [5, 5.41) is 3.87. The van der Waals surface area contributed by atoms with Gasteiger partial charge in [0.1, 0.15) is 17.3 Å².